The van der Waals surface area contributed by atoms with Gasteiger partial charge in [0.05, 0.1) is 18.6 Å². The van der Waals surface area contributed by atoms with E-state index in [-0.39, 0.29) is 0 Å². The van der Waals surface area contributed by atoms with Crippen LogP contribution in [0.25, 0.3) is 11.1 Å². The predicted octanol–water partition coefficient (Wildman–Crippen LogP) is 7.45. The van der Waals surface area contributed by atoms with Gasteiger partial charge in [0.15, 0.2) is 0 Å². The summed E-state index contributed by atoms with van der Waals surface area (Å²) in [6, 6.07) is 34.8. The number of fused-ring (bicyclic) bond motifs is 3. The molecule has 4 heteroatoms. The number of thiol groups is 2. The van der Waals surface area contributed by atoms with Crippen LogP contribution in [0.2, 0.25) is 0 Å². The Bertz CT molecular complexity index is 1160. The molecule has 0 radical (unpaired) electrons. The van der Waals surface area contributed by atoms with Crippen LogP contribution in [0.5, 0.6) is 11.5 Å². The lowest BCUT2D eigenvalue weighted by molar-refractivity contribution is 0.318. The highest BCUT2D eigenvalue weighted by Crippen LogP contribution is 2.56. The van der Waals surface area contributed by atoms with Gasteiger partial charge in [-0.1, -0.05) is 72.8 Å². The van der Waals surface area contributed by atoms with Crippen molar-refractivity contribution in [2.45, 2.75) is 18.3 Å². The molecule has 1 aliphatic carbocycles. The number of benzene rings is 4. The van der Waals surface area contributed by atoms with Crippen LogP contribution in [0.1, 0.15) is 35.1 Å². The fourth-order valence-electron chi connectivity index (χ4n) is 5.14. The molecule has 5 rings (SSSR count). The van der Waals surface area contributed by atoms with Crippen molar-refractivity contribution in [2.24, 2.45) is 0 Å². The van der Waals surface area contributed by atoms with Gasteiger partial charge in [-0.15, -0.1) is 0 Å². The van der Waals surface area contributed by atoms with E-state index in [1.165, 1.54) is 33.4 Å². The van der Waals surface area contributed by atoms with Crippen molar-refractivity contribution in [3.63, 3.8) is 0 Å². The zero-order chi connectivity index (χ0) is 24.1. The Morgan fingerprint density at radius 2 is 0.914 bits per heavy atom. The van der Waals surface area contributed by atoms with E-state index >= 15 is 0 Å². The summed E-state index contributed by atoms with van der Waals surface area (Å²) in [6.45, 7) is 1.35. The maximum atomic E-state index is 5.93. The van der Waals surface area contributed by atoms with Crippen LogP contribution >= 0.6 is 25.3 Å². The van der Waals surface area contributed by atoms with E-state index in [1.807, 2.05) is 0 Å². The number of hydrogen-bond acceptors (Lipinski definition) is 4. The minimum atomic E-state index is -0.416. The second-order valence-corrected chi connectivity index (χ2v) is 9.64. The van der Waals surface area contributed by atoms with Crippen molar-refractivity contribution < 1.29 is 9.47 Å². The molecule has 0 fully saturated rings. The predicted molar refractivity (Wildman–Crippen MR) is 152 cm³/mol. The van der Waals surface area contributed by atoms with Crippen molar-refractivity contribution in [3.05, 3.63) is 119 Å². The topological polar surface area (TPSA) is 18.5 Å². The molecule has 0 saturated carbocycles. The van der Waals surface area contributed by atoms with Crippen molar-refractivity contribution in [1.82, 2.24) is 0 Å². The average Bonchev–Trinajstić information content (AvgIpc) is 3.21. The van der Waals surface area contributed by atoms with Crippen molar-refractivity contribution in [3.8, 4) is 22.6 Å². The van der Waals surface area contributed by atoms with E-state index in [9.17, 15) is 0 Å². The Labute approximate surface area is 219 Å². The molecule has 4 aromatic rings. The van der Waals surface area contributed by atoms with Gasteiger partial charge in [-0.25, -0.2) is 0 Å². The Balaban J connectivity index is 1.64. The minimum Gasteiger partial charge on any atom is -0.494 e. The molecule has 0 N–H and O–H groups in total. The smallest absolute Gasteiger partial charge is 0.119 e. The van der Waals surface area contributed by atoms with Gasteiger partial charge in [0.2, 0.25) is 0 Å². The third kappa shape index (κ3) is 4.46. The van der Waals surface area contributed by atoms with Crippen LogP contribution in [0.3, 0.4) is 0 Å². The lowest BCUT2D eigenvalue weighted by Crippen LogP contribution is -2.28. The van der Waals surface area contributed by atoms with E-state index in [2.05, 4.69) is 122 Å². The molecule has 0 heterocycles. The first-order valence-electron chi connectivity index (χ1n) is 12.2. The molecule has 4 aromatic carbocycles. The zero-order valence-electron chi connectivity index (χ0n) is 19.7. The fraction of sp³-hybridized carbons (Fsp3) is 0.226. The van der Waals surface area contributed by atoms with Crippen molar-refractivity contribution >= 4 is 25.3 Å². The summed E-state index contributed by atoms with van der Waals surface area (Å²) < 4.78 is 11.9. The van der Waals surface area contributed by atoms with E-state index < -0.39 is 5.41 Å². The average molecular weight is 499 g/mol. The first-order chi connectivity index (χ1) is 17.3. The molecular weight excluding hydrogens is 468 g/mol. The summed E-state index contributed by atoms with van der Waals surface area (Å²) in [4.78, 5) is 0. The van der Waals surface area contributed by atoms with Gasteiger partial charge in [-0.3, -0.25) is 0 Å². The molecule has 0 unspecified atom stereocenters. The highest BCUT2D eigenvalue weighted by molar-refractivity contribution is 7.80. The first kappa shape index (κ1) is 23.9. The summed E-state index contributed by atoms with van der Waals surface area (Å²) >= 11 is 8.57. The minimum absolute atomic E-state index is 0.416. The second kappa shape index (κ2) is 10.8. The Morgan fingerprint density at radius 1 is 0.514 bits per heavy atom. The fourth-order valence-corrected chi connectivity index (χ4v) is 5.39. The van der Waals surface area contributed by atoms with Crippen molar-refractivity contribution in [1.29, 1.82) is 0 Å². The Morgan fingerprint density at radius 3 is 1.31 bits per heavy atom. The number of hydrogen-bond donors (Lipinski definition) is 2. The zero-order valence-corrected chi connectivity index (χ0v) is 21.5. The third-order valence-corrected chi connectivity index (χ3v) is 7.30. The summed E-state index contributed by atoms with van der Waals surface area (Å²) in [5, 5.41) is 0. The van der Waals surface area contributed by atoms with Gasteiger partial charge in [-0.05, 0) is 82.0 Å². The summed E-state index contributed by atoms with van der Waals surface area (Å²) in [5.74, 6) is 3.42. The molecule has 2 nitrogen and oxygen atoms in total. The van der Waals surface area contributed by atoms with E-state index in [4.69, 9.17) is 9.47 Å². The van der Waals surface area contributed by atoms with E-state index in [0.29, 0.717) is 13.2 Å². The molecule has 178 valence electrons. The standard InChI is InChI=1S/C31H30O2S2/c34-21-5-19-32-25-15-11-23(12-16-25)31(24-13-17-26(18-14-24)33-20-6-22-35)29-9-3-1-7-27(29)28-8-2-4-10-30(28)31/h1-4,7-18,34-35H,5-6,19-22H2. The van der Waals surface area contributed by atoms with Gasteiger partial charge in [0, 0.05) is 0 Å². The Kier molecular flexibility index (Phi) is 7.40. The maximum absolute atomic E-state index is 5.93. The molecule has 1 aliphatic rings. The maximum Gasteiger partial charge on any atom is 0.119 e. The van der Waals surface area contributed by atoms with Crippen LogP contribution in [-0.4, -0.2) is 24.7 Å². The molecule has 0 amide bonds. The summed E-state index contributed by atoms with van der Waals surface area (Å²) in [7, 11) is 0. The van der Waals surface area contributed by atoms with Crippen LogP contribution in [0.4, 0.5) is 0 Å². The molecule has 0 aromatic heterocycles. The normalized spacial score (nSPS) is 13.2. The van der Waals surface area contributed by atoms with Crippen LogP contribution < -0.4 is 9.47 Å². The first-order valence-corrected chi connectivity index (χ1v) is 13.4. The van der Waals surface area contributed by atoms with E-state index in [1.54, 1.807) is 0 Å². The van der Waals surface area contributed by atoms with Gasteiger partial charge in [-0.2, -0.15) is 25.3 Å². The quantitative estimate of drug-likeness (QED) is 0.154. The highest BCUT2D eigenvalue weighted by Gasteiger charge is 2.45. The van der Waals surface area contributed by atoms with Gasteiger partial charge < -0.3 is 9.47 Å². The summed E-state index contributed by atoms with van der Waals surface area (Å²) in [6.07, 6.45) is 1.86. The van der Waals surface area contributed by atoms with Crippen LogP contribution in [0.15, 0.2) is 97.1 Å². The molecular formula is C31H30O2S2. The van der Waals surface area contributed by atoms with Crippen LogP contribution in [-0.2, 0) is 5.41 Å². The third-order valence-electron chi connectivity index (χ3n) is 6.67. The molecule has 0 aliphatic heterocycles. The van der Waals surface area contributed by atoms with Gasteiger partial charge in [0.25, 0.3) is 0 Å². The van der Waals surface area contributed by atoms with Gasteiger partial charge >= 0.3 is 0 Å². The van der Waals surface area contributed by atoms with Crippen LogP contribution in [0, 0.1) is 0 Å². The van der Waals surface area contributed by atoms with E-state index in [0.717, 1.165) is 35.8 Å². The largest absolute Gasteiger partial charge is 0.494 e. The number of ether oxygens (including phenoxy) is 2. The van der Waals surface area contributed by atoms with Crippen molar-refractivity contribution in [2.75, 3.05) is 24.7 Å². The molecule has 0 spiro atoms. The monoisotopic (exact) mass is 498 g/mol. The summed E-state index contributed by atoms with van der Waals surface area (Å²) in [5.41, 5.74) is 7.20. The Hall–Kier alpha value is -2.82. The lowest BCUT2D eigenvalue weighted by atomic mass is 9.68. The molecule has 0 atom stereocenters. The highest BCUT2D eigenvalue weighted by atomic mass is 32.1. The molecule has 0 bridgehead atoms. The second-order valence-electron chi connectivity index (χ2n) is 8.74. The lowest BCUT2D eigenvalue weighted by Gasteiger charge is -2.34. The number of rotatable bonds is 10. The van der Waals surface area contributed by atoms with Gasteiger partial charge in [0.1, 0.15) is 11.5 Å². The molecule has 35 heavy (non-hydrogen) atoms. The SMILES string of the molecule is SCCCOc1ccc(C2(c3ccc(OCCCS)cc3)c3ccccc3-c3ccccc32)cc1. The molecule has 0 saturated heterocycles.